The van der Waals surface area contributed by atoms with Crippen molar-refractivity contribution in [2.75, 3.05) is 51.1 Å². The van der Waals surface area contributed by atoms with Gasteiger partial charge in [0.25, 0.3) is 0 Å². The van der Waals surface area contributed by atoms with Crippen LogP contribution < -0.4 is 10.2 Å². The fourth-order valence-corrected chi connectivity index (χ4v) is 8.94. The number of sulfone groups is 2. The number of nitrogens with one attached hydrogen (secondary N) is 1. The van der Waals surface area contributed by atoms with E-state index in [2.05, 4.69) is 5.32 Å². The second-order valence-corrected chi connectivity index (χ2v) is 13.4. The summed E-state index contributed by atoms with van der Waals surface area (Å²) in [4.78, 5) is 3.95. The molecule has 182 valence electrons. The van der Waals surface area contributed by atoms with Gasteiger partial charge in [-0.1, -0.05) is 12.1 Å². The van der Waals surface area contributed by atoms with Gasteiger partial charge in [-0.15, -0.1) is 0 Å². The molecule has 0 aromatic heterocycles. The Morgan fingerprint density at radius 1 is 1.06 bits per heavy atom. The summed E-state index contributed by atoms with van der Waals surface area (Å²) in [5.74, 6) is -1.21. The van der Waals surface area contributed by atoms with E-state index in [4.69, 9.17) is 0 Å². The van der Waals surface area contributed by atoms with Crippen LogP contribution in [0.4, 0.5) is 10.1 Å². The number of nitrogens with zero attached hydrogens (tertiary/aromatic N) is 2. The molecule has 0 amide bonds. The minimum Gasteiger partial charge on any atom is -0.378 e. The molecule has 3 atom stereocenters. The number of benzene rings is 2. The second kappa shape index (κ2) is 9.69. The fourth-order valence-electron chi connectivity index (χ4n) is 4.14. The van der Waals surface area contributed by atoms with E-state index in [1.807, 2.05) is 62.3 Å². The van der Waals surface area contributed by atoms with E-state index in [1.165, 1.54) is 19.1 Å². The van der Waals surface area contributed by atoms with Gasteiger partial charge < -0.3 is 15.1 Å². The molecule has 2 aromatic rings. The lowest BCUT2D eigenvalue weighted by Crippen LogP contribution is -2.46. The predicted molar refractivity (Wildman–Crippen MR) is 130 cm³/mol. The number of hydrogen-bond donors (Lipinski definition) is 1. The van der Waals surface area contributed by atoms with Crippen LogP contribution in [0.5, 0.6) is 0 Å². The van der Waals surface area contributed by atoms with Crippen LogP contribution in [-0.2, 0) is 19.7 Å². The highest BCUT2D eigenvalue weighted by atomic mass is 32.2. The molecule has 1 fully saturated rings. The summed E-state index contributed by atoms with van der Waals surface area (Å²) >= 11 is 0. The Morgan fingerprint density at radius 2 is 1.70 bits per heavy atom. The molecule has 1 saturated heterocycles. The molecule has 10 heteroatoms. The van der Waals surface area contributed by atoms with Gasteiger partial charge in [0, 0.05) is 38.4 Å². The molecule has 0 bridgehead atoms. The number of rotatable bonds is 8. The van der Waals surface area contributed by atoms with Crippen LogP contribution in [-0.4, -0.2) is 79.3 Å². The molecule has 0 radical (unpaired) electrons. The monoisotopic (exact) mass is 497 g/mol. The van der Waals surface area contributed by atoms with E-state index in [0.717, 1.165) is 17.3 Å². The third-order valence-electron chi connectivity index (χ3n) is 6.15. The summed E-state index contributed by atoms with van der Waals surface area (Å²) in [5.41, 5.74) is 2.30. The first-order valence-corrected chi connectivity index (χ1v) is 14.1. The molecule has 0 saturated carbocycles. The first-order valence-electron chi connectivity index (χ1n) is 10.7. The van der Waals surface area contributed by atoms with Crippen molar-refractivity contribution in [3.8, 4) is 0 Å². The summed E-state index contributed by atoms with van der Waals surface area (Å²) in [7, 11) is 0.261. The average molecular weight is 498 g/mol. The van der Waals surface area contributed by atoms with Crippen molar-refractivity contribution in [3.63, 3.8) is 0 Å². The van der Waals surface area contributed by atoms with Crippen LogP contribution in [0.1, 0.15) is 17.2 Å². The van der Waals surface area contributed by atoms with Crippen molar-refractivity contribution in [2.45, 2.75) is 29.2 Å². The Labute approximate surface area is 196 Å². The van der Waals surface area contributed by atoms with Gasteiger partial charge in [0.15, 0.2) is 19.7 Å². The van der Waals surface area contributed by atoms with Crippen LogP contribution in [0.3, 0.4) is 0 Å². The zero-order valence-electron chi connectivity index (χ0n) is 19.6. The lowest BCUT2D eigenvalue weighted by atomic mass is 10.0. The largest absolute Gasteiger partial charge is 0.378 e. The molecule has 1 unspecified atom stereocenters. The number of hydrogen-bond acceptors (Lipinski definition) is 7. The molecular weight excluding hydrogens is 465 g/mol. The average Bonchev–Trinajstić information content (AvgIpc) is 3.05. The molecule has 7 nitrogen and oxygen atoms in total. The highest BCUT2D eigenvalue weighted by molar-refractivity contribution is 7.96. The van der Waals surface area contributed by atoms with Crippen molar-refractivity contribution in [3.05, 3.63) is 59.4 Å². The van der Waals surface area contributed by atoms with Gasteiger partial charge in [-0.25, -0.2) is 21.2 Å². The SMILES string of the molecule is Cc1cc(S(=O)(=O)[C@H]2CS(=O)(=O)C[C@@H]2NCC(c2ccc(N(C)C)cc2)N(C)C)ccc1F. The maximum absolute atomic E-state index is 13.7. The van der Waals surface area contributed by atoms with E-state index in [1.54, 1.807) is 0 Å². The molecule has 3 rings (SSSR count). The molecule has 1 aliphatic heterocycles. The van der Waals surface area contributed by atoms with E-state index in [0.29, 0.717) is 6.54 Å². The summed E-state index contributed by atoms with van der Waals surface area (Å²) in [6.07, 6.45) is 0. The predicted octanol–water partition coefficient (Wildman–Crippen LogP) is 2.03. The summed E-state index contributed by atoms with van der Waals surface area (Å²) in [6, 6.07) is 10.8. The Morgan fingerprint density at radius 3 is 2.24 bits per heavy atom. The van der Waals surface area contributed by atoms with Crippen LogP contribution >= 0.6 is 0 Å². The smallest absolute Gasteiger partial charge is 0.183 e. The van der Waals surface area contributed by atoms with Gasteiger partial charge in [0.1, 0.15) is 5.82 Å². The molecule has 1 N–H and O–H groups in total. The number of halogens is 1. The Bertz CT molecular complexity index is 1200. The fraction of sp³-hybridized carbons (Fsp3) is 0.478. The van der Waals surface area contributed by atoms with Crippen molar-refractivity contribution in [1.29, 1.82) is 0 Å². The van der Waals surface area contributed by atoms with E-state index in [-0.39, 0.29) is 22.3 Å². The van der Waals surface area contributed by atoms with Gasteiger partial charge >= 0.3 is 0 Å². The minimum atomic E-state index is -3.97. The van der Waals surface area contributed by atoms with E-state index in [9.17, 15) is 21.2 Å². The zero-order valence-corrected chi connectivity index (χ0v) is 21.2. The molecule has 33 heavy (non-hydrogen) atoms. The van der Waals surface area contributed by atoms with Gasteiger partial charge in [-0.2, -0.15) is 0 Å². The van der Waals surface area contributed by atoms with Crippen molar-refractivity contribution >= 4 is 25.4 Å². The quantitative estimate of drug-likeness (QED) is 0.559. The van der Waals surface area contributed by atoms with Crippen molar-refractivity contribution in [1.82, 2.24) is 10.2 Å². The molecule has 1 aliphatic rings. The summed E-state index contributed by atoms with van der Waals surface area (Å²) in [5, 5.41) is 2.09. The van der Waals surface area contributed by atoms with Crippen LogP contribution in [0.15, 0.2) is 47.4 Å². The first kappa shape index (κ1) is 25.6. The van der Waals surface area contributed by atoms with Crippen LogP contribution in [0.2, 0.25) is 0 Å². The van der Waals surface area contributed by atoms with Gasteiger partial charge in [-0.3, -0.25) is 0 Å². The normalized spacial score (nSPS) is 21.3. The summed E-state index contributed by atoms with van der Waals surface area (Å²) in [6.45, 7) is 1.86. The third kappa shape index (κ3) is 5.74. The van der Waals surface area contributed by atoms with E-state index >= 15 is 0 Å². The Balaban J connectivity index is 1.84. The molecule has 2 aromatic carbocycles. The Kier molecular flexibility index (Phi) is 7.52. The van der Waals surface area contributed by atoms with Crippen LogP contribution in [0.25, 0.3) is 0 Å². The van der Waals surface area contributed by atoms with Gasteiger partial charge in [0.05, 0.1) is 21.7 Å². The summed E-state index contributed by atoms with van der Waals surface area (Å²) < 4.78 is 65.1. The molecule has 0 aliphatic carbocycles. The van der Waals surface area contributed by atoms with Gasteiger partial charge in [0.2, 0.25) is 0 Å². The maximum atomic E-state index is 13.7. The lowest BCUT2D eigenvalue weighted by Gasteiger charge is -2.28. The zero-order chi connectivity index (χ0) is 24.6. The topological polar surface area (TPSA) is 86.8 Å². The minimum absolute atomic E-state index is 0.0567. The maximum Gasteiger partial charge on any atom is 0.183 e. The van der Waals surface area contributed by atoms with Gasteiger partial charge in [-0.05, 0) is 62.5 Å². The highest BCUT2D eigenvalue weighted by Crippen LogP contribution is 2.28. The molecule has 0 spiro atoms. The number of anilines is 1. The van der Waals surface area contributed by atoms with Crippen LogP contribution in [0, 0.1) is 12.7 Å². The van der Waals surface area contributed by atoms with E-state index < -0.39 is 42.5 Å². The van der Waals surface area contributed by atoms with Crippen molar-refractivity contribution < 1.29 is 21.2 Å². The lowest BCUT2D eigenvalue weighted by molar-refractivity contribution is 0.282. The Hall–Kier alpha value is -2.01. The second-order valence-electron chi connectivity index (χ2n) is 9.05. The highest BCUT2D eigenvalue weighted by Gasteiger charge is 2.46. The first-order chi connectivity index (χ1) is 15.3. The third-order valence-corrected chi connectivity index (χ3v) is 10.3. The standard InChI is InChI=1S/C23H32FN3O4S2/c1-16-12-19(10-11-20(16)24)33(30,31)23-15-32(28,29)14-21(23)25-13-22(27(4)5)17-6-8-18(9-7-17)26(2)3/h6-12,21-23,25H,13-15H2,1-5H3/t21-,22?,23-/m0/s1. The molecule has 1 heterocycles. The molecular formula is C23H32FN3O4S2. The number of likely N-dealkylation sites (N-methyl/N-ethyl adjacent to an activating group) is 1. The number of aryl methyl sites for hydroxylation is 1. The van der Waals surface area contributed by atoms with Crippen molar-refractivity contribution in [2.24, 2.45) is 0 Å².